The van der Waals surface area contributed by atoms with E-state index in [4.69, 9.17) is 0 Å². The van der Waals surface area contributed by atoms with Gasteiger partial charge in [0.05, 0.1) is 0 Å². The molecule has 3 heterocycles. The molecule has 1 amide bonds. The summed E-state index contributed by atoms with van der Waals surface area (Å²) in [5.41, 5.74) is 2.58. The first kappa shape index (κ1) is 22.1. The molecule has 4 rings (SSSR count). The molecule has 0 aromatic heterocycles. The molecule has 0 N–H and O–H groups in total. The monoisotopic (exact) mass is 443 g/mol. The Balaban J connectivity index is 1.49. The van der Waals surface area contributed by atoms with Crippen LogP contribution >= 0.6 is 0 Å². The first-order valence-electron chi connectivity index (χ1n) is 11.5. The zero-order valence-electron chi connectivity index (χ0n) is 18.8. The van der Waals surface area contributed by atoms with Crippen molar-refractivity contribution in [1.82, 2.24) is 9.80 Å². The van der Waals surface area contributed by atoms with Crippen molar-refractivity contribution in [1.29, 1.82) is 0 Å². The first-order chi connectivity index (χ1) is 14.8. The number of hydrogen-bond acceptors (Lipinski definition) is 4. The van der Waals surface area contributed by atoms with Crippen molar-refractivity contribution < 1.29 is 13.2 Å². The highest BCUT2D eigenvalue weighted by atomic mass is 32.2. The van der Waals surface area contributed by atoms with Crippen LogP contribution < -0.4 is 0 Å². The van der Waals surface area contributed by atoms with Gasteiger partial charge in [0, 0.05) is 37.7 Å². The lowest BCUT2D eigenvalue weighted by Gasteiger charge is -2.37. The van der Waals surface area contributed by atoms with Gasteiger partial charge in [0.1, 0.15) is 10.7 Å². The van der Waals surface area contributed by atoms with Gasteiger partial charge in [0.25, 0.3) is 10.0 Å². The lowest BCUT2D eigenvalue weighted by Crippen LogP contribution is -2.46. The molecule has 0 spiro atoms. The zero-order chi connectivity index (χ0) is 22.2. The predicted octanol–water partition coefficient (Wildman–Crippen LogP) is 3.83. The van der Waals surface area contributed by atoms with Gasteiger partial charge < -0.3 is 9.80 Å². The van der Waals surface area contributed by atoms with Gasteiger partial charge in [-0.1, -0.05) is 43.7 Å². The van der Waals surface area contributed by atoms with Crippen molar-refractivity contribution in [3.8, 4) is 0 Å². The van der Waals surface area contributed by atoms with Gasteiger partial charge in [-0.2, -0.15) is 8.42 Å². The van der Waals surface area contributed by atoms with Crippen molar-refractivity contribution in [3.05, 3.63) is 41.0 Å². The summed E-state index contributed by atoms with van der Waals surface area (Å²) in [4.78, 5) is 17.4. The number of carbonyl (C=O) groups excluding carboxylic acids is 1. The maximum Gasteiger partial charge on any atom is 0.285 e. The molecule has 0 radical (unpaired) electrons. The Bertz CT molecular complexity index is 995. The first-order valence-corrected chi connectivity index (χ1v) is 12.9. The molecule has 0 saturated carbocycles. The number of sulfonamides is 1. The van der Waals surface area contributed by atoms with Gasteiger partial charge >= 0.3 is 0 Å². The van der Waals surface area contributed by atoms with E-state index in [9.17, 15) is 13.2 Å². The number of amidine groups is 1. The van der Waals surface area contributed by atoms with Gasteiger partial charge in [-0.15, -0.1) is 4.40 Å². The molecule has 1 aromatic carbocycles. The third kappa shape index (κ3) is 4.43. The van der Waals surface area contributed by atoms with E-state index in [1.54, 1.807) is 0 Å². The van der Waals surface area contributed by atoms with Gasteiger partial charge in [-0.3, -0.25) is 4.79 Å². The van der Waals surface area contributed by atoms with Crippen molar-refractivity contribution in [2.24, 2.45) is 16.2 Å². The van der Waals surface area contributed by atoms with E-state index in [1.165, 1.54) is 0 Å². The van der Waals surface area contributed by atoms with Crippen molar-refractivity contribution >= 4 is 26.7 Å². The number of aryl methyl sites for hydroxylation is 1. The van der Waals surface area contributed by atoms with Crippen molar-refractivity contribution in [2.75, 3.05) is 26.2 Å². The molecule has 3 aliphatic heterocycles. The van der Waals surface area contributed by atoms with E-state index in [1.807, 2.05) is 43.0 Å². The van der Waals surface area contributed by atoms with Crippen LogP contribution in [0.4, 0.5) is 0 Å². The lowest BCUT2D eigenvalue weighted by molar-refractivity contribution is -0.138. The highest BCUT2D eigenvalue weighted by molar-refractivity contribution is 8.00. The minimum absolute atomic E-state index is 0.0360. The van der Waals surface area contributed by atoms with E-state index in [2.05, 4.69) is 16.2 Å². The van der Waals surface area contributed by atoms with Crippen LogP contribution in [0.5, 0.6) is 0 Å². The maximum atomic E-state index is 12.9. The van der Waals surface area contributed by atoms with Crippen LogP contribution in [0.15, 0.2) is 34.2 Å². The van der Waals surface area contributed by atoms with Crippen LogP contribution in [0, 0.1) is 18.8 Å². The Morgan fingerprint density at radius 2 is 1.65 bits per heavy atom. The normalized spacial score (nSPS) is 22.7. The minimum Gasteiger partial charge on any atom is -0.356 e. The second-order valence-corrected chi connectivity index (χ2v) is 10.7. The average Bonchev–Trinajstić information content (AvgIpc) is 3.05. The summed E-state index contributed by atoms with van der Waals surface area (Å²) in [7, 11) is -3.71. The van der Waals surface area contributed by atoms with Crippen molar-refractivity contribution in [2.45, 2.75) is 52.9 Å². The van der Waals surface area contributed by atoms with E-state index in [0.717, 1.165) is 49.9 Å². The summed E-state index contributed by atoms with van der Waals surface area (Å²) >= 11 is 0. The van der Waals surface area contributed by atoms with Crippen LogP contribution in [0.3, 0.4) is 0 Å². The molecule has 3 aliphatic rings. The molecule has 0 aliphatic carbocycles. The third-order valence-corrected chi connectivity index (χ3v) is 8.33. The van der Waals surface area contributed by atoms with Crippen LogP contribution in [0.25, 0.3) is 4.91 Å². The topological polar surface area (TPSA) is 70.0 Å². The third-order valence-electron chi connectivity index (χ3n) is 6.91. The molecule has 168 valence electrons. The van der Waals surface area contributed by atoms with Gasteiger partial charge in [-0.25, -0.2) is 0 Å². The van der Waals surface area contributed by atoms with Gasteiger partial charge in [0.2, 0.25) is 5.91 Å². The molecule has 31 heavy (non-hydrogen) atoms. The van der Waals surface area contributed by atoms with E-state index in [0.29, 0.717) is 41.7 Å². The second-order valence-electron chi connectivity index (χ2n) is 9.19. The summed E-state index contributed by atoms with van der Waals surface area (Å²) in [6, 6.07) is 7.59. The van der Waals surface area contributed by atoms with Crippen LogP contribution in [-0.4, -0.2) is 56.1 Å². The molecule has 2 fully saturated rings. The van der Waals surface area contributed by atoms with Crippen molar-refractivity contribution in [3.63, 3.8) is 0 Å². The predicted molar refractivity (Wildman–Crippen MR) is 124 cm³/mol. The average molecular weight is 444 g/mol. The quantitative estimate of drug-likeness (QED) is 0.712. The molecular formula is C24H33N3O3S. The van der Waals surface area contributed by atoms with E-state index < -0.39 is 10.0 Å². The fourth-order valence-electron chi connectivity index (χ4n) is 4.89. The molecule has 2 saturated heterocycles. The second kappa shape index (κ2) is 8.77. The zero-order valence-corrected chi connectivity index (χ0v) is 19.6. The number of nitrogens with zero attached hydrogens (tertiary/aromatic N) is 3. The van der Waals surface area contributed by atoms with Gasteiger partial charge in [-0.05, 0) is 50.5 Å². The molecule has 6 nitrogen and oxygen atoms in total. The van der Waals surface area contributed by atoms with E-state index in [-0.39, 0.29) is 11.8 Å². The SMILES string of the molecule is CCC1=C(c2ccc(C)cc2)S(=O)(=O)N=C1N1CCC(C(=O)N2CCC(C)CC2)CC1. The molecule has 0 atom stereocenters. The van der Waals surface area contributed by atoms with Gasteiger partial charge in [0.15, 0.2) is 0 Å². The number of likely N-dealkylation sites (tertiary alicyclic amines) is 2. The Morgan fingerprint density at radius 1 is 1.03 bits per heavy atom. The molecule has 0 unspecified atom stereocenters. The number of benzene rings is 1. The number of amides is 1. The van der Waals surface area contributed by atoms with Crippen LogP contribution in [-0.2, 0) is 14.8 Å². The Morgan fingerprint density at radius 3 is 2.23 bits per heavy atom. The summed E-state index contributed by atoms with van der Waals surface area (Å²) in [6.07, 6.45) is 4.28. The summed E-state index contributed by atoms with van der Waals surface area (Å²) < 4.78 is 30.1. The number of carbonyl (C=O) groups is 1. The molecule has 1 aromatic rings. The lowest BCUT2D eigenvalue weighted by atomic mass is 9.92. The Kier molecular flexibility index (Phi) is 6.24. The molecule has 7 heteroatoms. The van der Waals surface area contributed by atoms with Crippen LogP contribution in [0.1, 0.15) is 57.1 Å². The fraction of sp³-hybridized carbons (Fsp3) is 0.583. The smallest absolute Gasteiger partial charge is 0.285 e. The fourth-order valence-corrected chi connectivity index (χ4v) is 6.42. The number of hydrogen-bond donors (Lipinski definition) is 0. The Labute approximate surface area is 186 Å². The largest absolute Gasteiger partial charge is 0.356 e. The minimum atomic E-state index is -3.71. The summed E-state index contributed by atoms with van der Waals surface area (Å²) in [5.74, 6) is 1.60. The molecular weight excluding hydrogens is 410 g/mol. The molecule has 0 bridgehead atoms. The maximum absolute atomic E-state index is 12.9. The number of piperidine rings is 2. The Hall–Kier alpha value is -2.15. The highest BCUT2D eigenvalue weighted by Crippen LogP contribution is 2.36. The van der Waals surface area contributed by atoms with E-state index >= 15 is 0 Å². The van der Waals surface area contributed by atoms with Crippen LogP contribution in [0.2, 0.25) is 0 Å². The summed E-state index contributed by atoms with van der Waals surface area (Å²) in [5, 5.41) is 0. The highest BCUT2D eigenvalue weighted by Gasteiger charge is 2.37. The standard InChI is InChI=1S/C24H33N3O3S/c1-4-21-22(19-7-5-17(2)6-8-19)31(29,30)25-23(21)26-15-11-20(12-16-26)24(28)27-13-9-18(3)10-14-27/h5-8,18,20H,4,9-16H2,1-3H3. The summed E-state index contributed by atoms with van der Waals surface area (Å²) in [6.45, 7) is 9.29. The number of rotatable bonds is 3.